The molecule has 0 unspecified atom stereocenters. The highest BCUT2D eigenvalue weighted by atomic mass is 32.2. The van der Waals surface area contributed by atoms with Crippen molar-refractivity contribution in [2.75, 3.05) is 37.4 Å². The number of para-hydroxylation sites is 1. The van der Waals surface area contributed by atoms with Crippen LogP contribution in [-0.4, -0.2) is 57.9 Å². The first-order valence-electron chi connectivity index (χ1n) is 10.9. The molecule has 1 aliphatic heterocycles. The SMILES string of the molecule is Cc1cc(C(=O)COC(=O)c2ccccc2N(C)S(C)(=O)=O)c(C)n1-c1ccc2c(c1)OCCO2. The average molecular weight is 499 g/mol. The number of esters is 1. The van der Waals surface area contributed by atoms with Crippen LogP contribution in [0.4, 0.5) is 5.69 Å². The van der Waals surface area contributed by atoms with Crippen molar-refractivity contribution in [3.05, 3.63) is 71.0 Å². The first kappa shape index (κ1) is 24.3. The number of carbonyl (C=O) groups is 2. The van der Waals surface area contributed by atoms with Crippen molar-refractivity contribution in [2.45, 2.75) is 13.8 Å². The summed E-state index contributed by atoms with van der Waals surface area (Å²) in [5, 5.41) is 0. The van der Waals surface area contributed by atoms with E-state index >= 15 is 0 Å². The van der Waals surface area contributed by atoms with E-state index in [-0.39, 0.29) is 17.0 Å². The topological polar surface area (TPSA) is 104 Å². The first-order valence-corrected chi connectivity index (χ1v) is 12.7. The molecule has 1 aromatic heterocycles. The second-order valence-corrected chi connectivity index (χ2v) is 10.2. The molecule has 9 nitrogen and oxygen atoms in total. The summed E-state index contributed by atoms with van der Waals surface area (Å²) in [6.45, 7) is 4.18. The highest BCUT2D eigenvalue weighted by Gasteiger charge is 2.23. The number of fused-ring (bicyclic) bond motifs is 1. The molecule has 0 aliphatic carbocycles. The Hall–Kier alpha value is -3.79. The minimum atomic E-state index is -3.59. The number of anilines is 1. The number of benzene rings is 2. The van der Waals surface area contributed by atoms with E-state index in [9.17, 15) is 18.0 Å². The first-order chi connectivity index (χ1) is 16.6. The summed E-state index contributed by atoms with van der Waals surface area (Å²) in [5.74, 6) is 0.155. The van der Waals surface area contributed by atoms with Crippen molar-refractivity contribution in [1.82, 2.24) is 4.57 Å². The predicted molar refractivity (Wildman–Crippen MR) is 131 cm³/mol. The van der Waals surface area contributed by atoms with Gasteiger partial charge in [-0.05, 0) is 44.2 Å². The second-order valence-electron chi connectivity index (χ2n) is 8.20. The zero-order chi connectivity index (χ0) is 25.3. The Bertz CT molecular complexity index is 1410. The maximum Gasteiger partial charge on any atom is 0.340 e. The molecular weight excluding hydrogens is 472 g/mol. The molecule has 1 aliphatic rings. The van der Waals surface area contributed by atoms with Crippen LogP contribution in [0.3, 0.4) is 0 Å². The van der Waals surface area contributed by atoms with E-state index in [4.69, 9.17) is 14.2 Å². The van der Waals surface area contributed by atoms with Crippen LogP contribution in [0.15, 0.2) is 48.5 Å². The van der Waals surface area contributed by atoms with Crippen molar-refractivity contribution in [3.8, 4) is 17.2 Å². The van der Waals surface area contributed by atoms with Crippen LogP contribution in [0, 0.1) is 13.8 Å². The minimum absolute atomic E-state index is 0.0509. The number of sulfonamides is 1. The van der Waals surface area contributed by atoms with Crippen LogP contribution >= 0.6 is 0 Å². The molecule has 0 amide bonds. The van der Waals surface area contributed by atoms with Crippen LogP contribution in [0.25, 0.3) is 5.69 Å². The number of ketones is 1. The third kappa shape index (κ3) is 4.88. The van der Waals surface area contributed by atoms with Gasteiger partial charge in [-0.2, -0.15) is 0 Å². The Morgan fingerprint density at radius 3 is 2.40 bits per heavy atom. The van der Waals surface area contributed by atoms with Gasteiger partial charge in [-0.15, -0.1) is 0 Å². The summed E-state index contributed by atoms with van der Waals surface area (Å²) in [4.78, 5) is 25.7. The molecule has 0 spiro atoms. The molecule has 0 radical (unpaired) electrons. The monoisotopic (exact) mass is 498 g/mol. The summed E-state index contributed by atoms with van der Waals surface area (Å²) in [5.41, 5.74) is 2.98. The fraction of sp³-hybridized carbons (Fsp3) is 0.280. The van der Waals surface area contributed by atoms with Gasteiger partial charge < -0.3 is 18.8 Å². The summed E-state index contributed by atoms with van der Waals surface area (Å²) >= 11 is 0. The maximum absolute atomic E-state index is 13.0. The molecule has 0 atom stereocenters. The fourth-order valence-electron chi connectivity index (χ4n) is 4.00. The molecule has 3 aromatic rings. The maximum atomic E-state index is 13.0. The highest BCUT2D eigenvalue weighted by Crippen LogP contribution is 2.33. The lowest BCUT2D eigenvalue weighted by molar-refractivity contribution is 0.0475. The zero-order valence-electron chi connectivity index (χ0n) is 19.9. The van der Waals surface area contributed by atoms with Crippen LogP contribution in [0.5, 0.6) is 11.5 Å². The van der Waals surface area contributed by atoms with Gasteiger partial charge in [0.1, 0.15) is 13.2 Å². The van der Waals surface area contributed by atoms with Gasteiger partial charge in [-0.25, -0.2) is 13.2 Å². The van der Waals surface area contributed by atoms with Crippen molar-refractivity contribution in [1.29, 1.82) is 0 Å². The van der Waals surface area contributed by atoms with Gasteiger partial charge in [-0.1, -0.05) is 12.1 Å². The Morgan fingerprint density at radius 1 is 1.00 bits per heavy atom. The largest absolute Gasteiger partial charge is 0.486 e. The molecule has 184 valence electrons. The number of hydrogen-bond donors (Lipinski definition) is 0. The number of nitrogens with zero attached hydrogens (tertiary/aromatic N) is 2. The lowest BCUT2D eigenvalue weighted by Crippen LogP contribution is -2.27. The van der Waals surface area contributed by atoms with E-state index < -0.39 is 22.6 Å². The normalized spacial score (nSPS) is 12.8. The minimum Gasteiger partial charge on any atom is -0.486 e. The molecule has 0 saturated carbocycles. The van der Waals surface area contributed by atoms with Gasteiger partial charge in [-0.3, -0.25) is 9.10 Å². The van der Waals surface area contributed by atoms with Crippen molar-refractivity contribution in [3.63, 3.8) is 0 Å². The lowest BCUT2D eigenvalue weighted by Gasteiger charge is -2.20. The summed E-state index contributed by atoms with van der Waals surface area (Å²) in [6.07, 6.45) is 1.04. The third-order valence-corrected chi connectivity index (χ3v) is 7.00. The number of carbonyl (C=O) groups excluding carboxylic acids is 2. The standard InChI is InChI=1S/C25H26N2O7S/c1-16-13-20(17(2)27(16)18-9-10-23-24(14-18)33-12-11-32-23)22(28)15-34-25(29)19-7-5-6-8-21(19)26(3)35(4,30)31/h5-10,13-14H,11-12,15H2,1-4H3. The Labute approximate surface area is 203 Å². The molecule has 2 aromatic carbocycles. The van der Waals surface area contributed by atoms with Gasteiger partial charge in [0, 0.05) is 35.8 Å². The number of rotatable bonds is 7. The van der Waals surface area contributed by atoms with Crippen molar-refractivity contribution < 1.29 is 32.2 Å². The lowest BCUT2D eigenvalue weighted by atomic mass is 10.1. The molecule has 10 heteroatoms. The molecule has 0 N–H and O–H groups in total. The summed E-state index contributed by atoms with van der Waals surface area (Å²) in [7, 11) is -2.24. The molecule has 0 bridgehead atoms. The summed E-state index contributed by atoms with van der Waals surface area (Å²) < 4.78 is 43.3. The number of ether oxygens (including phenoxy) is 3. The average Bonchev–Trinajstić information content (AvgIpc) is 3.14. The van der Waals surface area contributed by atoms with Crippen LogP contribution < -0.4 is 13.8 Å². The van der Waals surface area contributed by atoms with E-state index in [1.165, 1.54) is 19.2 Å². The predicted octanol–water partition coefficient (Wildman–Crippen LogP) is 3.30. The smallest absolute Gasteiger partial charge is 0.340 e. The zero-order valence-corrected chi connectivity index (χ0v) is 20.7. The number of Topliss-reactive ketones (excluding diaryl/α,β-unsaturated/α-hetero) is 1. The molecule has 2 heterocycles. The van der Waals surface area contributed by atoms with Gasteiger partial charge in [0.05, 0.1) is 17.5 Å². The van der Waals surface area contributed by atoms with Crippen LogP contribution in [0.1, 0.15) is 32.1 Å². The Morgan fingerprint density at radius 2 is 1.69 bits per heavy atom. The van der Waals surface area contributed by atoms with E-state index in [0.717, 1.165) is 21.9 Å². The fourth-order valence-corrected chi connectivity index (χ4v) is 4.52. The van der Waals surface area contributed by atoms with Crippen molar-refractivity contribution >= 4 is 27.5 Å². The quantitative estimate of drug-likeness (QED) is 0.364. The van der Waals surface area contributed by atoms with E-state index in [1.807, 2.05) is 36.6 Å². The van der Waals surface area contributed by atoms with Gasteiger partial charge in [0.15, 0.2) is 18.1 Å². The van der Waals surface area contributed by atoms with Gasteiger partial charge in [0.25, 0.3) is 0 Å². The van der Waals surface area contributed by atoms with Gasteiger partial charge in [0.2, 0.25) is 15.8 Å². The van der Waals surface area contributed by atoms with Gasteiger partial charge >= 0.3 is 5.97 Å². The highest BCUT2D eigenvalue weighted by molar-refractivity contribution is 7.92. The van der Waals surface area contributed by atoms with E-state index in [0.29, 0.717) is 36.0 Å². The molecule has 0 fully saturated rings. The third-order valence-electron chi connectivity index (χ3n) is 5.81. The number of aromatic nitrogens is 1. The van der Waals surface area contributed by atoms with Crippen LogP contribution in [-0.2, 0) is 14.8 Å². The molecular formula is C25H26N2O7S. The Kier molecular flexibility index (Phi) is 6.58. The second kappa shape index (κ2) is 9.46. The van der Waals surface area contributed by atoms with E-state index in [1.54, 1.807) is 18.2 Å². The van der Waals surface area contributed by atoms with Crippen LogP contribution in [0.2, 0.25) is 0 Å². The molecule has 0 saturated heterocycles. The summed E-state index contributed by atoms with van der Waals surface area (Å²) in [6, 6.07) is 13.5. The Balaban J connectivity index is 1.53. The molecule has 4 rings (SSSR count). The van der Waals surface area contributed by atoms with Crippen molar-refractivity contribution in [2.24, 2.45) is 0 Å². The number of hydrogen-bond acceptors (Lipinski definition) is 7. The van der Waals surface area contributed by atoms with E-state index in [2.05, 4.69) is 0 Å². The number of aryl methyl sites for hydroxylation is 1. The molecule has 35 heavy (non-hydrogen) atoms.